The van der Waals surface area contributed by atoms with Crippen molar-refractivity contribution in [1.82, 2.24) is 9.97 Å². The van der Waals surface area contributed by atoms with Crippen LogP contribution < -0.4 is 0 Å². The number of aromatic nitrogens is 2. The lowest BCUT2D eigenvalue weighted by Crippen LogP contribution is -1.89. The molecule has 0 radical (unpaired) electrons. The van der Waals surface area contributed by atoms with Crippen molar-refractivity contribution in [3.8, 4) is 0 Å². The third-order valence-corrected chi connectivity index (χ3v) is 4.28. The first-order chi connectivity index (χ1) is 9.24. The van der Waals surface area contributed by atoms with Gasteiger partial charge >= 0.3 is 0 Å². The third-order valence-electron chi connectivity index (χ3n) is 2.58. The van der Waals surface area contributed by atoms with E-state index in [9.17, 15) is 0 Å². The molecule has 0 aliphatic rings. The summed E-state index contributed by atoms with van der Waals surface area (Å²) >= 11 is 13.6. The van der Waals surface area contributed by atoms with E-state index in [0.717, 1.165) is 20.8 Å². The molecule has 1 heterocycles. The Morgan fingerprint density at radius 3 is 2.42 bits per heavy atom. The van der Waals surface area contributed by atoms with Gasteiger partial charge < -0.3 is 0 Å². The standard InChI is InChI=1S/C14H8Cl2N2S/c15-10-6-2-4-8-12(10)19-13-9-5-1-3-7-11(9)17-14(16)18-13/h1-8H. The zero-order valence-electron chi connectivity index (χ0n) is 9.68. The molecular weight excluding hydrogens is 299 g/mol. The first kappa shape index (κ1) is 12.7. The largest absolute Gasteiger partial charge is 0.224 e. The zero-order valence-corrected chi connectivity index (χ0v) is 12.0. The predicted octanol–water partition coefficient (Wildman–Crippen LogP) is 5.09. The van der Waals surface area contributed by atoms with E-state index in [0.29, 0.717) is 5.02 Å². The van der Waals surface area contributed by atoms with Crippen LogP contribution in [0, 0.1) is 0 Å². The van der Waals surface area contributed by atoms with E-state index in [2.05, 4.69) is 9.97 Å². The molecule has 0 unspecified atom stereocenters. The lowest BCUT2D eigenvalue weighted by atomic mass is 10.2. The van der Waals surface area contributed by atoms with Crippen molar-refractivity contribution in [3.05, 3.63) is 58.8 Å². The van der Waals surface area contributed by atoms with Crippen LogP contribution in [0.2, 0.25) is 10.3 Å². The number of benzene rings is 2. The Bertz CT molecular complexity index is 746. The average molecular weight is 307 g/mol. The van der Waals surface area contributed by atoms with E-state index in [1.165, 1.54) is 11.8 Å². The van der Waals surface area contributed by atoms with Gasteiger partial charge in [0.2, 0.25) is 5.28 Å². The van der Waals surface area contributed by atoms with Crippen molar-refractivity contribution in [3.63, 3.8) is 0 Å². The Hall–Kier alpha value is -1.29. The molecule has 0 saturated heterocycles. The van der Waals surface area contributed by atoms with Crippen LogP contribution in [0.4, 0.5) is 0 Å². The average Bonchev–Trinajstić information content (AvgIpc) is 2.41. The van der Waals surface area contributed by atoms with Crippen molar-refractivity contribution in [2.45, 2.75) is 9.92 Å². The van der Waals surface area contributed by atoms with E-state index >= 15 is 0 Å². The normalized spacial score (nSPS) is 10.8. The maximum atomic E-state index is 6.17. The molecule has 0 aliphatic carbocycles. The summed E-state index contributed by atoms with van der Waals surface area (Å²) in [5, 5.41) is 2.72. The second-order valence-corrected chi connectivity index (χ2v) is 5.62. The molecule has 0 amide bonds. The number of para-hydroxylation sites is 1. The Morgan fingerprint density at radius 1 is 0.842 bits per heavy atom. The van der Waals surface area contributed by atoms with Crippen molar-refractivity contribution < 1.29 is 0 Å². The fraction of sp³-hybridized carbons (Fsp3) is 0. The maximum absolute atomic E-state index is 6.17. The predicted molar refractivity (Wildman–Crippen MR) is 80.1 cm³/mol. The molecule has 19 heavy (non-hydrogen) atoms. The Balaban J connectivity index is 2.13. The van der Waals surface area contributed by atoms with Crippen molar-refractivity contribution >= 4 is 45.9 Å². The molecule has 0 fully saturated rings. The number of rotatable bonds is 2. The van der Waals surface area contributed by atoms with E-state index in [1.807, 2.05) is 48.5 Å². The smallest absolute Gasteiger partial charge is 0.218 e. The summed E-state index contributed by atoms with van der Waals surface area (Å²) < 4.78 is 0. The van der Waals surface area contributed by atoms with E-state index in [-0.39, 0.29) is 5.28 Å². The van der Waals surface area contributed by atoms with Gasteiger partial charge in [-0.3, -0.25) is 0 Å². The quantitative estimate of drug-likeness (QED) is 0.487. The Labute approximate surface area is 124 Å². The van der Waals surface area contributed by atoms with Gasteiger partial charge in [0.1, 0.15) is 5.03 Å². The van der Waals surface area contributed by atoms with E-state index in [1.54, 1.807) is 0 Å². The molecule has 0 aliphatic heterocycles. The van der Waals surface area contributed by atoms with E-state index < -0.39 is 0 Å². The molecule has 0 atom stereocenters. The minimum atomic E-state index is 0.244. The van der Waals surface area contributed by atoms with Crippen molar-refractivity contribution in [2.24, 2.45) is 0 Å². The SMILES string of the molecule is Clc1nc(Sc2ccccc2Cl)c2ccccc2n1. The fourth-order valence-electron chi connectivity index (χ4n) is 1.73. The van der Waals surface area contributed by atoms with Crippen molar-refractivity contribution in [1.29, 1.82) is 0 Å². The second-order valence-electron chi connectivity index (χ2n) is 3.85. The molecule has 3 rings (SSSR count). The summed E-state index contributed by atoms with van der Waals surface area (Å²) in [7, 11) is 0. The first-order valence-corrected chi connectivity index (χ1v) is 7.16. The minimum absolute atomic E-state index is 0.244. The Morgan fingerprint density at radius 2 is 1.58 bits per heavy atom. The molecule has 0 N–H and O–H groups in total. The first-order valence-electron chi connectivity index (χ1n) is 5.59. The number of halogens is 2. The molecular formula is C14H8Cl2N2S. The van der Waals surface area contributed by atoms with Gasteiger partial charge in [-0.2, -0.15) is 0 Å². The van der Waals surface area contributed by atoms with Crippen LogP contribution in [0.5, 0.6) is 0 Å². The molecule has 3 aromatic rings. The molecule has 94 valence electrons. The molecule has 2 aromatic carbocycles. The minimum Gasteiger partial charge on any atom is -0.218 e. The van der Waals surface area contributed by atoms with E-state index in [4.69, 9.17) is 23.2 Å². The van der Waals surface area contributed by atoms with Crippen LogP contribution in [0.25, 0.3) is 10.9 Å². The topological polar surface area (TPSA) is 25.8 Å². The van der Waals surface area contributed by atoms with Crippen molar-refractivity contribution in [2.75, 3.05) is 0 Å². The lowest BCUT2D eigenvalue weighted by molar-refractivity contribution is 1.10. The summed E-state index contributed by atoms with van der Waals surface area (Å²) in [6.07, 6.45) is 0. The summed E-state index contributed by atoms with van der Waals surface area (Å²) in [4.78, 5) is 9.45. The third kappa shape index (κ3) is 2.68. The van der Waals surface area contributed by atoms with Gasteiger partial charge in [-0.1, -0.05) is 53.7 Å². The maximum Gasteiger partial charge on any atom is 0.224 e. The monoisotopic (exact) mass is 306 g/mol. The summed E-state index contributed by atoms with van der Waals surface area (Å²) in [5.74, 6) is 0. The summed E-state index contributed by atoms with van der Waals surface area (Å²) in [6, 6.07) is 15.4. The van der Waals surface area contributed by atoms with Crippen LogP contribution >= 0.6 is 35.0 Å². The van der Waals surface area contributed by atoms with Gasteiger partial charge in [0, 0.05) is 10.3 Å². The van der Waals surface area contributed by atoms with Gasteiger partial charge in [0.25, 0.3) is 0 Å². The van der Waals surface area contributed by atoms with Gasteiger partial charge in [0.15, 0.2) is 0 Å². The van der Waals surface area contributed by atoms with Gasteiger partial charge in [0.05, 0.1) is 10.5 Å². The number of nitrogens with zero attached hydrogens (tertiary/aromatic N) is 2. The highest BCUT2D eigenvalue weighted by atomic mass is 35.5. The molecule has 1 aromatic heterocycles. The molecule has 0 saturated carbocycles. The van der Waals surface area contributed by atoms with Gasteiger partial charge in [-0.15, -0.1) is 0 Å². The number of hydrogen-bond acceptors (Lipinski definition) is 3. The highest BCUT2D eigenvalue weighted by Gasteiger charge is 2.09. The molecule has 2 nitrogen and oxygen atoms in total. The molecule has 0 bridgehead atoms. The second kappa shape index (κ2) is 5.37. The van der Waals surface area contributed by atoms with Crippen LogP contribution in [0.1, 0.15) is 0 Å². The van der Waals surface area contributed by atoms with Crippen LogP contribution in [0.15, 0.2) is 58.5 Å². The fourth-order valence-corrected chi connectivity index (χ4v) is 3.14. The van der Waals surface area contributed by atoms with Crippen LogP contribution in [-0.4, -0.2) is 9.97 Å². The summed E-state index contributed by atoms with van der Waals surface area (Å²) in [5.41, 5.74) is 0.831. The molecule has 5 heteroatoms. The van der Waals surface area contributed by atoms with Crippen LogP contribution in [-0.2, 0) is 0 Å². The lowest BCUT2D eigenvalue weighted by Gasteiger charge is -2.06. The highest BCUT2D eigenvalue weighted by molar-refractivity contribution is 7.99. The Kier molecular flexibility index (Phi) is 3.60. The molecule has 0 spiro atoms. The highest BCUT2D eigenvalue weighted by Crippen LogP contribution is 2.35. The van der Waals surface area contributed by atoms with Crippen LogP contribution in [0.3, 0.4) is 0 Å². The number of hydrogen-bond donors (Lipinski definition) is 0. The van der Waals surface area contributed by atoms with Gasteiger partial charge in [-0.05, 0) is 29.8 Å². The number of fused-ring (bicyclic) bond motifs is 1. The summed E-state index contributed by atoms with van der Waals surface area (Å²) in [6.45, 7) is 0. The van der Waals surface area contributed by atoms with Gasteiger partial charge in [-0.25, -0.2) is 9.97 Å². The zero-order chi connectivity index (χ0) is 13.2.